The molecular weight excluding hydrogens is 393 g/mol. The molecule has 0 saturated carbocycles. The summed E-state index contributed by atoms with van der Waals surface area (Å²) in [4.78, 5) is 10.8. The first-order valence-electron chi connectivity index (χ1n) is 8.05. The van der Waals surface area contributed by atoms with Crippen molar-refractivity contribution in [1.82, 2.24) is 4.98 Å². The van der Waals surface area contributed by atoms with Gasteiger partial charge in [-0.05, 0) is 30.5 Å². The minimum absolute atomic E-state index is 0.609. The van der Waals surface area contributed by atoms with Crippen LogP contribution >= 0.6 is 46.3 Å². The Balaban J connectivity index is 1.53. The molecule has 0 bridgehead atoms. The van der Waals surface area contributed by atoms with E-state index < -0.39 is 0 Å². The van der Waals surface area contributed by atoms with E-state index in [4.69, 9.17) is 28.2 Å². The van der Waals surface area contributed by atoms with Crippen LogP contribution in [0.25, 0.3) is 10.2 Å². The van der Waals surface area contributed by atoms with Crippen LogP contribution in [0.15, 0.2) is 41.3 Å². The number of thiazole rings is 1. The summed E-state index contributed by atoms with van der Waals surface area (Å²) in [5.41, 5.74) is 2.14. The summed E-state index contributed by atoms with van der Waals surface area (Å²) in [7, 11) is 0. The van der Waals surface area contributed by atoms with Crippen LogP contribution in [0.2, 0.25) is 10.0 Å². The largest absolute Gasteiger partial charge is 0.367 e. The van der Waals surface area contributed by atoms with Crippen molar-refractivity contribution in [3.63, 3.8) is 0 Å². The van der Waals surface area contributed by atoms with E-state index in [0.717, 1.165) is 42.5 Å². The molecule has 7 heteroatoms. The summed E-state index contributed by atoms with van der Waals surface area (Å²) < 4.78 is 1.25. The molecule has 3 aromatic rings. The van der Waals surface area contributed by atoms with Crippen LogP contribution in [0.5, 0.6) is 0 Å². The van der Waals surface area contributed by atoms with Gasteiger partial charge in [0.25, 0.3) is 0 Å². The molecule has 2 heterocycles. The summed E-state index contributed by atoms with van der Waals surface area (Å²) in [6.45, 7) is 3.67. The molecule has 0 spiro atoms. The van der Waals surface area contributed by atoms with Gasteiger partial charge in [-0.25, -0.2) is 4.98 Å². The topological polar surface area (TPSA) is 19.4 Å². The van der Waals surface area contributed by atoms with E-state index in [1.807, 2.05) is 18.2 Å². The monoisotopic (exact) mass is 409 g/mol. The Labute approximate surface area is 165 Å². The van der Waals surface area contributed by atoms with Crippen LogP contribution < -0.4 is 9.80 Å². The van der Waals surface area contributed by atoms with Crippen molar-refractivity contribution in [2.75, 3.05) is 42.2 Å². The first-order valence-corrected chi connectivity index (χ1v) is 10.8. The molecule has 1 saturated heterocycles. The van der Waals surface area contributed by atoms with Gasteiger partial charge in [0.2, 0.25) is 0 Å². The highest BCUT2D eigenvalue weighted by atomic mass is 35.5. The van der Waals surface area contributed by atoms with Crippen LogP contribution in [0.4, 0.5) is 10.8 Å². The summed E-state index contributed by atoms with van der Waals surface area (Å²) in [6, 6.07) is 12.2. The van der Waals surface area contributed by atoms with Crippen molar-refractivity contribution in [1.29, 1.82) is 0 Å². The zero-order valence-electron chi connectivity index (χ0n) is 13.7. The van der Waals surface area contributed by atoms with Crippen molar-refractivity contribution < 1.29 is 0 Å². The number of fused-ring (bicyclic) bond motifs is 1. The second-order valence-electron chi connectivity index (χ2n) is 5.85. The van der Waals surface area contributed by atoms with Gasteiger partial charge in [0.05, 0.1) is 25.9 Å². The second-order valence-corrected chi connectivity index (χ2v) is 8.49. The van der Waals surface area contributed by atoms with Gasteiger partial charge in [-0.15, -0.1) is 11.8 Å². The zero-order chi connectivity index (χ0) is 17.4. The minimum Gasteiger partial charge on any atom is -0.367 e. The number of para-hydroxylation sites is 1. The fourth-order valence-corrected chi connectivity index (χ4v) is 5.17. The molecule has 4 rings (SSSR count). The van der Waals surface area contributed by atoms with Gasteiger partial charge < -0.3 is 9.80 Å². The Morgan fingerprint density at radius 3 is 2.48 bits per heavy atom. The molecule has 1 aliphatic heterocycles. The fourth-order valence-electron chi connectivity index (χ4n) is 3.09. The number of benzene rings is 2. The van der Waals surface area contributed by atoms with Gasteiger partial charge in [-0.1, -0.05) is 46.7 Å². The lowest BCUT2D eigenvalue weighted by molar-refractivity contribution is 0.652. The lowest BCUT2D eigenvalue weighted by Crippen LogP contribution is -2.46. The lowest BCUT2D eigenvalue weighted by atomic mass is 10.2. The Hall–Kier alpha value is -1.14. The predicted octanol–water partition coefficient (Wildman–Crippen LogP) is 5.65. The third-order valence-corrected chi connectivity index (χ3v) is 7.07. The maximum absolute atomic E-state index is 6.37. The van der Waals surface area contributed by atoms with E-state index in [0.29, 0.717) is 10.0 Å². The van der Waals surface area contributed by atoms with E-state index in [-0.39, 0.29) is 0 Å². The van der Waals surface area contributed by atoms with Gasteiger partial charge in [0.1, 0.15) is 0 Å². The minimum atomic E-state index is 0.609. The van der Waals surface area contributed by atoms with Crippen LogP contribution in [-0.2, 0) is 0 Å². The van der Waals surface area contributed by atoms with Crippen molar-refractivity contribution in [2.24, 2.45) is 0 Å². The van der Waals surface area contributed by atoms with Crippen LogP contribution in [-0.4, -0.2) is 37.4 Å². The number of nitrogens with zero attached hydrogens (tertiary/aromatic N) is 3. The molecule has 0 atom stereocenters. The molecule has 0 radical (unpaired) electrons. The molecule has 0 aliphatic carbocycles. The standard InChI is InChI=1S/C18H17Cl2N3S2/c1-24-14-6-3-7-15-17(14)21-18(25-15)23-10-8-22(9-11-23)13-5-2-4-12(19)16(13)20/h2-7H,8-11H2,1H3. The molecule has 1 aromatic heterocycles. The number of thioether (sulfide) groups is 1. The molecule has 1 aliphatic rings. The number of hydrogen-bond acceptors (Lipinski definition) is 5. The smallest absolute Gasteiger partial charge is 0.186 e. The number of anilines is 2. The number of halogens is 2. The molecule has 0 N–H and O–H groups in total. The molecular formula is C18H17Cl2N3S2. The summed E-state index contributed by atoms with van der Waals surface area (Å²) >= 11 is 16.0. The Morgan fingerprint density at radius 2 is 1.72 bits per heavy atom. The first kappa shape index (κ1) is 17.3. The number of rotatable bonds is 3. The van der Waals surface area contributed by atoms with Gasteiger partial charge in [0.15, 0.2) is 5.13 Å². The summed E-state index contributed by atoms with van der Waals surface area (Å²) in [5.74, 6) is 0. The van der Waals surface area contributed by atoms with Crippen molar-refractivity contribution in [3.8, 4) is 0 Å². The third-order valence-electron chi connectivity index (χ3n) is 4.41. The fraction of sp³-hybridized carbons (Fsp3) is 0.278. The van der Waals surface area contributed by atoms with Gasteiger partial charge in [-0.2, -0.15) is 0 Å². The molecule has 1 fully saturated rings. The van der Waals surface area contributed by atoms with Gasteiger partial charge in [-0.3, -0.25) is 0 Å². The average molecular weight is 410 g/mol. The molecule has 3 nitrogen and oxygen atoms in total. The van der Waals surface area contributed by atoms with E-state index in [1.165, 1.54) is 9.60 Å². The van der Waals surface area contributed by atoms with E-state index >= 15 is 0 Å². The molecule has 25 heavy (non-hydrogen) atoms. The molecule has 130 valence electrons. The number of aromatic nitrogens is 1. The van der Waals surface area contributed by atoms with E-state index in [1.54, 1.807) is 23.1 Å². The van der Waals surface area contributed by atoms with Crippen molar-refractivity contribution >= 4 is 67.3 Å². The number of hydrogen-bond donors (Lipinski definition) is 0. The van der Waals surface area contributed by atoms with Crippen LogP contribution in [0.1, 0.15) is 0 Å². The zero-order valence-corrected chi connectivity index (χ0v) is 16.9. The van der Waals surface area contributed by atoms with Gasteiger partial charge in [0, 0.05) is 31.1 Å². The summed E-state index contributed by atoms with van der Waals surface area (Å²) in [5, 5.41) is 2.35. The van der Waals surface area contributed by atoms with Crippen molar-refractivity contribution in [2.45, 2.75) is 4.90 Å². The van der Waals surface area contributed by atoms with E-state index in [9.17, 15) is 0 Å². The van der Waals surface area contributed by atoms with Gasteiger partial charge >= 0.3 is 0 Å². The quantitative estimate of drug-likeness (QED) is 0.520. The summed E-state index contributed by atoms with van der Waals surface area (Å²) in [6.07, 6.45) is 2.10. The maximum atomic E-state index is 6.37. The average Bonchev–Trinajstić information content (AvgIpc) is 3.08. The normalized spacial score (nSPS) is 15.2. The maximum Gasteiger partial charge on any atom is 0.186 e. The first-order chi connectivity index (χ1) is 12.2. The van der Waals surface area contributed by atoms with Crippen LogP contribution in [0, 0.1) is 0 Å². The highest BCUT2D eigenvalue weighted by Crippen LogP contribution is 2.36. The van der Waals surface area contributed by atoms with Crippen molar-refractivity contribution in [3.05, 3.63) is 46.4 Å². The Kier molecular flexibility index (Phi) is 5.00. The predicted molar refractivity (Wildman–Crippen MR) is 112 cm³/mol. The second kappa shape index (κ2) is 7.23. The SMILES string of the molecule is CSc1cccc2sc(N3CCN(c4cccc(Cl)c4Cl)CC3)nc12. The molecule has 2 aromatic carbocycles. The van der Waals surface area contributed by atoms with E-state index in [2.05, 4.69) is 34.3 Å². The highest BCUT2D eigenvalue weighted by molar-refractivity contribution is 7.98. The Morgan fingerprint density at radius 1 is 1.00 bits per heavy atom. The highest BCUT2D eigenvalue weighted by Gasteiger charge is 2.22. The molecule has 0 unspecified atom stereocenters. The third kappa shape index (κ3) is 3.31. The number of piperazine rings is 1. The van der Waals surface area contributed by atoms with Crippen LogP contribution in [0.3, 0.4) is 0 Å². The lowest BCUT2D eigenvalue weighted by Gasteiger charge is -2.36. The molecule has 0 amide bonds. The Bertz CT molecular complexity index is 904.